The van der Waals surface area contributed by atoms with Gasteiger partial charge in [-0.1, -0.05) is 6.92 Å². The Balaban J connectivity index is 2.41. The van der Waals surface area contributed by atoms with Crippen molar-refractivity contribution in [1.29, 1.82) is 0 Å². The second-order valence-electron chi connectivity index (χ2n) is 4.77. The van der Waals surface area contributed by atoms with E-state index >= 15 is 0 Å². The van der Waals surface area contributed by atoms with Crippen molar-refractivity contribution in [3.63, 3.8) is 0 Å². The summed E-state index contributed by atoms with van der Waals surface area (Å²) in [6, 6.07) is 0. The van der Waals surface area contributed by atoms with E-state index in [1.165, 1.54) is 0 Å². The number of morpholine rings is 1. The molecule has 1 aliphatic rings. The third-order valence-electron chi connectivity index (χ3n) is 3.06. The molecule has 2 heterocycles. The summed E-state index contributed by atoms with van der Waals surface area (Å²) >= 11 is 1.15. The van der Waals surface area contributed by atoms with Crippen LogP contribution < -0.4 is 10.6 Å². The number of rotatable bonds is 3. The zero-order chi connectivity index (χ0) is 14.2. The molecule has 0 spiro atoms. The van der Waals surface area contributed by atoms with Crippen molar-refractivity contribution < 1.29 is 13.2 Å². The zero-order valence-electron chi connectivity index (χ0n) is 11.3. The number of hydrogen-bond donors (Lipinski definition) is 1. The van der Waals surface area contributed by atoms with Crippen molar-refractivity contribution in [2.45, 2.75) is 37.9 Å². The van der Waals surface area contributed by atoms with Crippen molar-refractivity contribution in [2.75, 3.05) is 29.5 Å². The van der Waals surface area contributed by atoms with Crippen LogP contribution in [0.3, 0.4) is 0 Å². The quantitative estimate of drug-likeness (QED) is 0.901. The summed E-state index contributed by atoms with van der Waals surface area (Å²) in [4.78, 5) is 2.19. The summed E-state index contributed by atoms with van der Waals surface area (Å²) in [6.45, 7) is 6.86. The molecule has 1 aromatic heterocycles. The molecule has 1 fully saturated rings. The lowest BCUT2D eigenvalue weighted by Gasteiger charge is -2.36. The van der Waals surface area contributed by atoms with Crippen LogP contribution in [0.5, 0.6) is 0 Å². The third-order valence-corrected chi connectivity index (χ3v) is 5.89. The molecule has 8 heteroatoms. The first-order valence-electron chi connectivity index (χ1n) is 6.23. The van der Waals surface area contributed by atoms with Crippen molar-refractivity contribution >= 4 is 32.2 Å². The minimum Gasteiger partial charge on any atom is -0.382 e. The van der Waals surface area contributed by atoms with E-state index in [-0.39, 0.29) is 28.7 Å². The summed E-state index contributed by atoms with van der Waals surface area (Å²) < 4.78 is 33.9. The Morgan fingerprint density at radius 3 is 2.53 bits per heavy atom. The van der Waals surface area contributed by atoms with E-state index in [4.69, 9.17) is 10.5 Å². The maximum absolute atomic E-state index is 12.1. The number of sulfone groups is 1. The highest BCUT2D eigenvalue weighted by molar-refractivity contribution is 7.91. The van der Waals surface area contributed by atoms with Crippen molar-refractivity contribution in [2.24, 2.45) is 0 Å². The summed E-state index contributed by atoms with van der Waals surface area (Å²) in [5.41, 5.74) is 5.74. The van der Waals surface area contributed by atoms with Gasteiger partial charge in [-0.2, -0.15) is 4.37 Å². The van der Waals surface area contributed by atoms with Gasteiger partial charge in [0.05, 0.1) is 18.0 Å². The van der Waals surface area contributed by atoms with Gasteiger partial charge in [-0.25, -0.2) is 8.42 Å². The lowest BCUT2D eigenvalue weighted by atomic mass is 10.2. The van der Waals surface area contributed by atoms with Crippen LogP contribution in [0.25, 0.3) is 0 Å². The van der Waals surface area contributed by atoms with Gasteiger partial charge in [-0.15, -0.1) is 0 Å². The molecule has 1 aliphatic heterocycles. The molecule has 1 aromatic rings. The van der Waals surface area contributed by atoms with E-state index < -0.39 is 9.84 Å². The first-order chi connectivity index (χ1) is 8.85. The second-order valence-corrected chi connectivity index (χ2v) is 7.73. The van der Waals surface area contributed by atoms with Crippen LogP contribution in [-0.4, -0.2) is 43.8 Å². The number of nitrogens with two attached hydrogens (primary N) is 1. The second kappa shape index (κ2) is 5.26. The molecule has 6 nitrogen and oxygen atoms in total. The monoisotopic (exact) mass is 305 g/mol. The fraction of sp³-hybridized carbons (Fsp3) is 0.727. The van der Waals surface area contributed by atoms with E-state index in [1.807, 2.05) is 18.7 Å². The molecule has 0 aromatic carbocycles. The van der Waals surface area contributed by atoms with E-state index in [9.17, 15) is 8.42 Å². The summed E-state index contributed by atoms with van der Waals surface area (Å²) in [5.74, 6) is 0.131. The Morgan fingerprint density at radius 1 is 1.42 bits per heavy atom. The maximum atomic E-state index is 12.1. The third kappa shape index (κ3) is 2.85. The number of ether oxygens (including phenoxy) is 1. The zero-order valence-corrected chi connectivity index (χ0v) is 12.9. The van der Waals surface area contributed by atoms with E-state index in [2.05, 4.69) is 4.37 Å². The number of hydrogen-bond acceptors (Lipinski definition) is 7. The Hall–Kier alpha value is -0.860. The molecule has 108 valence electrons. The lowest BCUT2D eigenvalue weighted by molar-refractivity contribution is -0.00514. The van der Waals surface area contributed by atoms with Gasteiger partial charge < -0.3 is 15.4 Å². The van der Waals surface area contributed by atoms with Crippen LogP contribution in [0.15, 0.2) is 4.90 Å². The molecule has 0 aliphatic carbocycles. The smallest absolute Gasteiger partial charge is 0.184 e. The minimum absolute atomic E-state index is 0.0259. The average Bonchev–Trinajstić information content (AvgIpc) is 2.70. The normalized spacial score (nSPS) is 24.7. The molecule has 0 unspecified atom stereocenters. The molecular weight excluding hydrogens is 286 g/mol. The Labute approximate surface area is 117 Å². The van der Waals surface area contributed by atoms with E-state index in [0.717, 1.165) is 11.5 Å². The predicted molar refractivity (Wildman–Crippen MR) is 76.5 cm³/mol. The van der Waals surface area contributed by atoms with Crippen LogP contribution in [0.1, 0.15) is 20.8 Å². The number of aromatic nitrogens is 1. The molecule has 0 bridgehead atoms. The SMILES string of the molecule is CCS(=O)(=O)c1c(N)nsc1N1C[C@@H](C)O[C@@H](C)C1. The van der Waals surface area contributed by atoms with E-state index in [0.29, 0.717) is 18.1 Å². The molecule has 1 saturated heterocycles. The summed E-state index contributed by atoms with van der Waals surface area (Å²) in [5, 5.41) is 0.640. The van der Waals surface area contributed by atoms with Gasteiger partial charge in [0.1, 0.15) is 9.90 Å². The lowest BCUT2D eigenvalue weighted by Crippen LogP contribution is -2.45. The highest BCUT2D eigenvalue weighted by Gasteiger charge is 2.31. The van der Waals surface area contributed by atoms with Gasteiger partial charge in [0.2, 0.25) is 0 Å². The Morgan fingerprint density at radius 2 is 2.00 bits per heavy atom. The highest BCUT2D eigenvalue weighted by atomic mass is 32.2. The molecule has 0 saturated carbocycles. The van der Waals surface area contributed by atoms with Gasteiger partial charge in [0.25, 0.3) is 0 Å². The number of anilines is 2. The number of nitrogen functional groups attached to an aromatic ring is 1. The molecule has 0 radical (unpaired) electrons. The summed E-state index contributed by atoms with van der Waals surface area (Å²) in [7, 11) is -3.36. The summed E-state index contributed by atoms with van der Waals surface area (Å²) in [6.07, 6.45) is 0.119. The number of nitrogens with zero attached hydrogens (tertiary/aromatic N) is 2. The largest absolute Gasteiger partial charge is 0.382 e. The molecule has 19 heavy (non-hydrogen) atoms. The fourth-order valence-corrected chi connectivity index (χ4v) is 4.59. The van der Waals surface area contributed by atoms with Crippen molar-refractivity contribution in [3.8, 4) is 0 Å². The van der Waals surface area contributed by atoms with Crippen LogP contribution in [0, 0.1) is 0 Å². The van der Waals surface area contributed by atoms with Crippen LogP contribution in [-0.2, 0) is 14.6 Å². The standard InChI is InChI=1S/C11H19N3O3S2/c1-4-19(15,16)9-10(12)13-18-11(9)14-5-7(2)17-8(3)6-14/h7-8H,4-6H2,1-3H3,(H2,12,13)/t7-,8+. The van der Waals surface area contributed by atoms with Crippen molar-refractivity contribution in [3.05, 3.63) is 0 Å². The predicted octanol–water partition coefficient (Wildman–Crippen LogP) is 1.13. The first kappa shape index (κ1) is 14.5. The molecule has 2 atom stereocenters. The van der Waals surface area contributed by atoms with Gasteiger partial charge in [0, 0.05) is 13.1 Å². The van der Waals surface area contributed by atoms with Gasteiger partial charge in [-0.3, -0.25) is 0 Å². The van der Waals surface area contributed by atoms with Gasteiger partial charge in [0.15, 0.2) is 15.7 Å². The Kier molecular flexibility index (Phi) is 4.03. The Bertz CT molecular complexity index is 546. The van der Waals surface area contributed by atoms with Crippen LogP contribution in [0.4, 0.5) is 10.8 Å². The molecule has 0 amide bonds. The van der Waals surface area contributed by atoms with E-state index in [1.54, 1.807) is 6.92 Å². The first-order valence-corrected chi connectivity index (χ1v) is 8.66. The minimum atomic E-state index is -3.36. The fourth-order valence-electron chi connectivity index (χ4n) is 2.27. The molecule has 2 N–H and O–H groups in total. The highest BCUT2D eigenvalue weighted by Crippen LogP contribution is 2.36. The van der Waals surface area contributed by atoms with Gasteiger partial charge >= 0.3 is 0 Å². The van der Waals surface area contributed by atoms with Crippen molar-refractivity contribution in [1.82, 2.24) is 4.37 Å². The van der Waals surface area contributed by atoms with Crippen LogP contribution in [0.2, 0.25) is 0 Å². The maximum Gasteiger partial charge on any atom is 0.184 e. The van der Waals surface area contributed by atoms with Crippen LogP contribution >= 0.6 is 11.5 Å². The molecular formula is C11H19N3O3S2. The van der Waals surface area contributed by atoms with Gasteiger partial charge in [-0.05, 0) is 25.4 Å². The average molecular weight is 305 g/mol. The molecule has 2 rings (SSSR count). The topological polar surface area (TPSA) is 85.5 Å².